The summed E-state index contributed by atoms with van der Waals surface area (Å²) in [6, 6.07) is 1.61. The number of allylic oxidation sites excluding steroid dienone is 1. The maximum Gasteiger partial charge on any atom is 0.354 e. The Labute approximate surface area is 139 Å². The molecule has 0 N–H and O–H groups in total. The van der Waals surface area contributed by atoms with Crippen molar-refractivity contribution in [3.8, 4) is 0 Å². The molecule has 0 saturated carbocycles. The largest absolute Gasteiger partial charge is 0.464 e. The fraction of sp³-hybridized carbons (Fsp3) is 0.222. The van der Waals surface area contributed by atoms with Crippen molar-refractivity contribution in [3.63, 3.8) is 0 Å². The lowest BCUT2D eigenvalue weighted by Crippen LogP contribution is -2.10. The third-order valence-electron chi connectivity index (χ3n) is 1.77. The van der Waals surface area contributed by atoms with Crippen molar-refractivity contribution < 1.29 is 9.53 Å². The number of carbonyl (C=O) groups excluding carboxylic acids is 1. The lowest BCUT2D eigenvalue weighted by molar-refractivity contribution is 0.0589. The van der Waals surface area contributed by atoms with Gasteiger partial charge in [-0.15, -0.1) is 0 Å². The molecule has 0 bridgehead atoms. The van der Waals surface area contributed by atoms with E-state index < -0.39 is 0 Å². The van der Waals surface area contributed by atoms with Crippen molar-refractivity contribution in [1.82, 2.24) is 4.57 Å². The lowest BCUT2D eigenvalue weighted by atomic mass is 10.4. The number of carbonyl (C=O) groups is 1. The predicted octanol–water partition coefficient (Wildman–Crippen LogP) is 4.40. The normalized spacial score (nSPS) is 10.1. The monoisotopic (exact) mass is 577 g/mol. The lowest BCUT2D eigenvalue weighted by Gasteiger charge is -2.07. The van der Waals surface area contributed by atoms with E-state index in [4.69, 9.17) is 16.3 Å². The van der Waals surface area contributed by atoms with E-state index in [1.807, 2.05) is 0 Å². The zero-order valence-corrected chi connectivity index (χ0v) is 15.4. The molecule has 3 nitrogen and oxygen atoms in total. The number of esters is 1. The van der Waals surface area contributed by atoms with Crippen molar-refractivity contribution in [2.75, 3.05) is 7.11 Å². The average Bonchev–Trinajstić information content (AvgIpc) is 2.58. The highest BCUT2D eigenvalue weighted by atomic mass is 127. The topological polar surface area (TPSA) is 31.2 Å². The first-order chi connectivity index (χ1) is 7.45. The Morgan fingerprint density at radius 3 is 2.62 bits per heavy atom. The van der Waals surface area contributed by atoms with E-state index in [0.29, 0.717) is 17.3 Å². The summed E-state index contributed by atoms with van der Waals surface area (Å²) in [5.41, 5.74) is 0.468. The van der Waals surface area contributed by atoms with Crippen LogP contribution in [0.1, 0.15) is 10.5 Å². The van der Waals surface area contributed by atoms with Gasteiger partial charge < -0.3 is 9.30 Å². The maximum absolute atomic E-state index is 11.5. The van der Waals surface area contributed by atoms with E-state index in [1.54, 1.807) is 16.8 Å². The standard InChI is InChI=1S/C9H7ClI3NO2/c1-16-9(15)7-2-5(10)3-14(7)4-6(11)8(12)13/h2-3H,4H2,1H3. The van der Waals surface area contributed by atoms with Crippen molar-refractivity contribution in [2.45, 2.75) is 6.54 Å². The minimum Gasteiger partial charge on any atom is -0.464 e. The molecule has 7 heteroatoms. The van der Waals surface area contributed by atoms with Gasteiger partial charge in [-0.25, -0.2) is 4.79 Å². The summed E-state index contributed by atoms with van der Waals surface area (Å²) in [6.45, 7) is 0.624. The molecule has 0 aliphatic carbocycles. The molecule has 1 aromatic rings. The van der Waals surface area contributed by atoms with Gasteiger partial charge in [0.05, 0.1) is 20.3 Å². The highest BCUT2D eigenvalue weighted by Gasteiger charge is 2.14. The number of methoxy groups -OCH3 is 1. The summed E-state index contributed by atoms with van der Waals surface area (Å²) >= 11 is 12.6. The second-order valence-corrected chi connectivity index (χ2v) is 8.79. The van der Waals surface area contributed by atoms with Crippen LogP contribution in [0.2, 0.25) is 5.02 Å². The molecule has 0 fully saturated rings. The van der Waals surface area contributed by atoms with E-state index in [-0.39, 0.29) is 5.97 Å². The average molecular weight is 577 g/mol. The summed E-state index contributed by atoms with van der Waals surface area (Å²) in [6.07, 6.45) is 1.72. The Morgan fingerprint density at radius 2 is 2.12 bits per heavy atom. The number of ether oxygens (including phenoxy) is 1. The van der Waals surface area contributed by atoms with E-state index in [1.165, 1.54) is 7.11 Å². The van der Waals surface area contributed by atoms with Gasteiger partial charge in [-0.3, -0.25) is 0 Å². The Bertz CT molecular complexity index is 438. The van der Waals surface area contributed by atoms with Crippen LogP contribution in [0.3, 0.4) is 0 Å². The van der Waals surface area contributed by atoms with Gasteiger partial charge in [0.15, 0.2) is 0 Å². The molecular weight excluding hydrogens is 570 g/mol. The Balaban J connectivity index is 3.05. The molecule has 0 unspecified atom stereocenters. The van der Waals surface area contributed by atoms with Gasteiger partial charge in [-0.1, -0.05) is 11.6 Å². The van der Waals surface area contributed by atoms with Crippen LogP contribution < -0.4 is 0 Å². The molecule has 0 aliphatic rings. The fourth-order valence-corrected chi connectivity index (χ4v) is 2.02. The molecule has 0 atom stereocenters. The molecule has 1 rings (SSSR count). The van der Waals surface area contributed by atoms with E-state index in [0.717, 1.165) is 5.17 Å². The van der Waals surface area contributed by atoms with Crippen molar-refractivity contribution in [3.05, 3.63) is 28.1 Å². The number of hydrogen-bond acceptors (Lipinski definition) is 2. The molecule has 1 heterocycles. The number of rotatable bonds is 3. The molecule has 0 amide bonds. The van der Waals surface area contributed by atoms with Crippen molar-refractivity contribution in [2.24, 2.45) is 0 Å². The SMILES string of the molecule is COC(=O)c1cc(Cl)cn1CC(I)=C(I)I. The zero-order chi connectivity index (χ0) is 12.3. The minimum absolute atomic E-state index is 0.375. The summed E-state index contributed by atoms with van der Waals surface area (Å²) in [5, 5.41) is 0.535. The van der Waals surface area contributed by atoms with Crippen LogP contribution in [-0.2, 0) is 11.3 Å². The number of halogens is 4. The highest BCUT2D eigenvalue weighted by molar-refractivity contribution is 14.2. The molecule has 0 aliphatic heterocycles. The first-order valence-corrected chi connectivity index (χ1v) is 7.70. The first kappa shape index (κ1) is 15.0. The Kier molecular flexibility index (Phi) is 6.37. The molecule has 1 aromatic heterocycles. The molecule has 0 aromatic carbocycles. The molecule has 88 valence electrons. The Hall–Kier alpha value is 0.970. The van der Waals surface area contributed by atoms with Gasteiger partial charge in [0.2, 0.25) is 0 Å². The smallest absolute Gasteiger partial charge is 0.354 e. The number of nitrogens with zero attached hydrogens (tertiary/aromatic N) is 1. The maximum atomic E-state index is 11.5. The van der Waals surface area contributed by atoms with E-state index in [9.17, 15) is 4.79 Å². The second-order valence-electron chi connectivity index (χ2n) is 2.83. The molecular formula is C9H7ClI3NO2. The van der Waals surface area contributed by atoms with Gasteiger partial charge in [0, 0.05) is 9.78 Å². The van der Waals surface area contributed by atoms with Crippen LogP contribution in [0.15, 0.2) is 17.4 Å². The third kappa shape index (κ3) is 4.02. The van der Waals surface area contributed by atoms with Gasteiger partial charge in [-0.05, 0) is 73.8 Å². The van der Waals surface area contributed by atoms with Gasteiger partial charge >= 0.3 is 5.97 Å². The van der Waals surface area contributed by atoms with Gasteiger partial charge in [0.25, 0.3) is 0 Å². The highest BCUT2D eigenvalue weighted by Crippen LogP contribution is 2.28. The zero-order valence-electron chi connectivity index (χ0n) is 8.14. The fourth-order valence-electron chi connectivity index (χ4n) is 1.09. The van der Waals surface area contributed by atoms with E-state index in [2.05, 4.69) is 67.8 Å². The Morgan fingerprint density at radius 1 is 1.50 bits per heavy atom. The quantitative estimate of drug-likeness (QED) is 0.394. The van der Waals surface area contributed by atoms with Gasteiger partial charge in [0.1, 0.15) is 5.69 Å². The second kappa shape index (κ2) is 6.78. The van der Waals surface area contributed by atoms with Crippen LogP contribution in [0.5, 0.6) is 0 Å². The third-order valence-corrected chi connectivity index (χ3v) is 6.23. The predicted molar refractivity (Wildman–Crippen MR) is 89.9 cm³/mol. The van der Waals surface area contributed by atoms with Crippen LogP contribution >= 0.6 is 79.4 Å². The molecule has 0 spiro atoms. The first-order valence-electron chi connectivity index (χ1n) is 4.09. The summed E-state index contributed by atoms with van der Waals surface area (Å²) in [4.78, 5) is 11.5. The van der Waals surface area contributed by atoms with Crippen molar-refractivity contribution in [1.29, 1.82) is 0 Å². The molecule has 0 saturated heterocycles. The molecule has 0 radical (unpaired) electrons. The number of aromatic nitrogens is 1. The van der Waals surface area contributed by atoms with Crippen molar-refractivity contribution >= 4 is 85.3 Å². The summed E-state index contributed by atoms with van der Waals surface area (Å²) < 4.78 is 8.79. The van der Waals surface area contributed by atoms with Crippen LogP contribution in [0.25, 0.3) is 0 Å². The van der Waals surface area contributed by atoms with Crippen LogP contribution in [0, 0.1) is 0 Å². The minimum atomic E-state index is -0.375. The number of hydrogen-bond donors (Lipinski definition) is 0. The van der Waals surface area contributed by atoms with Gasteiger partial charge in [-0.2, -0.15) is 0 Å². The van der Waals surface area contributed by atoms with E-state index >= 15 is 0 Å². The van der Waals surface area contributed by atoms with Crippen LogP contribution in [-0.4, -0.2) is 17.6 Å². The summed E-state index contributed by atoms with van der Waals surface area (Å²) in [7, 11) is 1.36. The molecule has 16 heavy (non-hydrogen) atoms. The van der Waals surface area contributed by atoms with Crippen LogP contribution in [0.4, 0.5) is 0 Å². The summed E-state index contributed by atoms with van der Waals surface area (Å²) in [5.74, 6) is -0.375.